The fraction of sp³-hybridized carbons (Fsp3) is 0.600. The van der Waals surface area contributed by atoms with Crippen molar-refractivity contribution < 1.29 is 0 Å². The molecule has 0 atom stereocenters. The fourth-order valence-corrected chi connectivity index (χ4v) is 0.294. The van der Waals surface area contributed by atoms with Gasteiger partial charge in [0.1, 0.15) is 0 Å². The fourth-order valence-electron chi connectivity index (χ4n) is 0.294. The molecule has 4 heteroatoms. The van der Waals surface area contributed by atoms with Crippen LogP contribution >= 0.6 is 0 Å². The van der Waals surface area contributed by atoms with Gasteiger partial charge in [0.15, 0.2) is 0 Å². The standard InChI is InChI=1S/C5H12N4/c1-2-3-4-8-9-5(6)7/h4H,2-3H2,1H3,(H4,6,7,9)/b8-4+. The van der Waals surface area contributed by atoms with E-state index in [-0.39, 0.29) is 5.96 Å². The molecule has 9 heavy (non-hydrogen) atoms. The third kappa shape index (κ3) is 6.94. The van der Waals surface area contributed by atoms with Crippen molar-refractivity contribution in [3.63, 3.8) is 0 Å². The van der Waals surface area contributed by atoms with E-state index in [1.54, 1.807) is 6.21 Å². The summed E-state index contributed by atoms with van der Waals surface area (Å²) in [7, 11) is 0. The van der Waals surface area contributed by atoms with Crippen LogP contribution in [0.5, 0.6) is 0 Å². The molecule has 0 unspecified atom stereocenters. The third-order valence-corrected chi connectivity index (χ3v) is 0.673. The van der Waals surface area contributed by atoms with E-state index in [9.17, 15) is 0 Å². The lowest BCUT2D eigenvalue weighted by molar-refractivity contribution is 0.999. The van der Waals surface area contributed by atoms with Crippen LogP contribution in [0.3, 0.4) is 0 Å². The van der Waals surface area contributed by atoms with E-state index in [0.29, 0.717) is 0 Å². The van der Waals surface area contributed by atoms with Crippen molar-refractivity contribution >= 4 is 12.2 Å². The molecule has 0 saturated carbocycles. The summed E-state index contributed by atoms with van der Waals surface area (Å²) in [6, 6.07) is 0. The summed E-state index contributed by atoms with van der Waals surface area (Å²) in [6.07, 6.45) is 3.65. The summed E-state index contributed by atoms with van der Waals surface area (Å²) in [4.78, 5) is 0. The molecule has 0 aromatic rings. The van der Waals surface area contributed by atoms with Crippen LogP contribution in [-0.4, -0.2) is 12.2 Å². The summed E-state index contributed by atoms with van der Waals surface area (Å²) in [5.41, 5.74) is 9.98. The molecule has 0 aliphatic carbocycles. The highest BCUT2D eigenvalue weighted by Gasteiger charge is 1.73. The van der Waals surface area contributed by atoms with Gasteiger partial charge < -0.3 is 11.5 Å². The summed E-state index contributed by atoms with van der Waals surface area (Å²) in [5, 5.41) is 6.98. The lowest BCUT2D eigenvalue weighted by atomic mass is 10.4. The van der Waals surface area contributed by atoms with E-state index in [4.69, 9.17) is 11.5 Å². The van der Waals surface area contributed by atoms with Crippen LogP contribution in [0, 0.1) is 0 Å². The topological polar surface area (TPSA) is 76.8 Å². The molecule has 4 N–H and O–H groups in total. The Labute approximate surface area is 54.6 Å². The van der Waals surface area contributed by atoms with Gasteiger partial charge in [-0.15, -0.1) is 5.10 Å². The first kappa shape index (κ1) is 7.94. The zero-order valence-electron chi connectivity index (χ0n) is 5.54. The zero-order valence-corrected chi connectivity index (χ0v) is 5.54. The summed E-state index contributed by atoms with van der Waals surface area (Å²) in [5.74, 6) is 0.00218. The molecule has 0 aromatic carbocycles. The number of nitrogens with two attached hydrogens (primary N) is 2. The van der Waals surface area contributed by atoms with E-state index in [1.807, 2.05) is 0 Å². The monoisotopic (exact) mass is 128 g/mol. The highest BCUT2D eigenvalue weighted by Crippen LogP contribution is 1.80. The number of unbranched alkanes of at least 4 members (excludes halogenated alkanes) is 1. The van der Waals surface area contributed by atoms with Crippen LogP contribution in [0.25, 0.3) is 0 Å². The van der Waals surface area contributed by atoms with E-state index in [1.165, 1.54) is 0 Å². The van der Waals surface area contributed by atoms with Gasteiger partial charge in [-0.05, 0) is 6.42 Å². The van der Waals surface area contributed by atoms with Crippen LogP contribution in [0.2, 0.25) is 0 Å². The van der Waals surface area contributed by atoms with Crippen molar-refractivity contribution in [2.75, 3.05) is 0 Å². The number of guanidine groups is 1. The lowest BCUT2D eigenvalue weighted by Gasteiger charge is -1.82. The Morgan fingerprint density at radius 3 is 2.67 bits per heavy atom. The minimum atomic E-state index is 0.00218. The minimum absolute atomic E-state index is 0.00218. The van der Waals surface area contributed by atoms with Gasteiger partial charge in [-0.1, -0.05) is 13.3 Å². The van der Waals surface area contributed by atoms with E-state index < -0.39 is 0 Å². The van der Waals surface area contributed by atoms with Gasteiger partial charge in [0.2, 0.25) is 5.96 Å². The maximum absolute atomic E-state index is 4.99. The number of hydrogen-bond donors (Lipinski definition) is 2. The van der Waals surface area contributed by atoms with Crippen molar-refractivity contribution in [2.45, 2.75) is 19.8 Å². The molecular weight excluding hydrogens is 116 g/mol. The molecule has 0 amide bonds. The average Bonchev–Trinajstić information content (AvgIpc) is 1.80. The van der Waals surface area contributed by atoms with Gasteiger partial charge in [0, 0.05) is 6.21 Å². The molecule has 52 valence electrons. The van der Waals surface area contributed by atoms with Crippen LogP contribution in [0.4, 0.5) is 0 Å². The summed E-state index contributed by atoms with van der Waals surface area (Å²) >= 11 is 0. The highest BCUT2D eigenvalue weighted by molar-refractivity contribution is 5.76. The molecule has 4 nitrogen and oxygen atoms in total. The minimum Gasteiger partial charge on any atom is -0.369 e. The van der Waals surface area contributed by atoms with Crippen molar-refractivity contribution in [3.8, 4) is 0 Å². The van der Waals surface area contributed by atoms with Crippen molar-refractivity contribution in [1.82, 2.24) is 0 Å². The number of hydrogen-bond acceptors (Lipinski definition) is 2. The Morgan fingerprint density at radius 2 is 2.22 bits per heavy atom. The quantitative estimate of drug-likeness (QED) is 0.320. The second kappa shape index (κ2) is 5.08. The smallest absolute Gasteiger partial charge is 0.211 e. The van der Waals surface area contributed by atoms with Crippen molar-refractivity contribution in [3.05, 3.63) is 0 Å². The Bertz CT molecular complexity index is 112. The van der Waals surface area contributed by atoms with Gasteiger partial charge >= 0.3 is 0 Å². The maximum atomic E-state index is 4.99. The molecule has 0 aliphatic heterocycles. The lowest BCUT2D eigenvalue weighted by Crippen LogP contribution is -2.21. The van der Waals surface area contributed by atoms with E-state index in [2.05, 4.69) is 17.1 Å². The summed E-state index contributed by atoms with van der Waals surface area (Å²) < 4.78 is 0. The molecule has 0 aliphatic rings. The van der Waals surface area contributed by atoms with Gasteiger partial charge in [-0.25, -0.2) is 0 Å². The normalized spacial score (nSPS) is 9.89. The van der Waals surface area contributed by atoms with Gasteiger partial charge in [0.25, 0.3) is 0 Å². The molecule has 0 heterocycles. The summed E-state index contributed by atoms with van der Waals surface area (Å²) in [6.45, 7) is 2.06. The number of nitrogens with zero attached hydrogens (tertiary/aromatic N) is 2. The number of rotatable bonds is 3. The average molecular weight is 128 g/mol. The van der Waals surface area contributed by atoms with Crippen LogP contribution in [0.15, 0.2) is 10.2 Å². The first-order valence-electron chi connectivity index (χ1n) is 2.87. The molecule has 0 rings (SSSR count). The SMILES string of the molecule is CCC/C=N/N=C(N)N. The second-order valence-electron chi connectivity index (χ2n) is 1.61. The Hall–Kier alpha value is -1.06. The van der Waals surface area contributed by atoms with Crippen LogP contribution < -0.4 is 11.5 Å². The largest absolute Gasteiger partial charge is 0.369 e. The second-order valence-corrected chi connectivity index (χ2v) is 1.61. The van der Waals surface area contributed by atoms with Crippen LogP contribution in [0.1, 0.15) is 19.8 Å². The Morgan fingerprint density at radius 1 is 1.56 bits per heavy atom. The van der Waals surface area contributed by atoms with Crippen molar-refractivity contribution in [2.24, 2.45) is 21.7 Å². The molecule has 0 radical (unpaired) electrons. The zero-order chi connectivity index (χ0) is 7.11. The highest BCUT2D eigenvalue weighted by atomic mass is 15.3. The molecule has 0 bridgehead atoms. The molecule has 0 saturated heterocycles. The van der Waals surface area contributed by atoms with Gasteiger partial charge in [0.05, 0.1) is 0 Å². The molecule has 0 fully saturated rings. The maximum Gasteiger partial charge on any atom is 0.211 e. The van der Waals surface area contributed by atoms with Crippen LogP contribution in [-0.2, 0) is 0 Å². The first-order valence-corrected chi connectivity index (χ1v) is 2.87. The third-order valence-electron chi connectivity index (χ3n) is 0.673. The first-order chi connectivity index (χ1) is 4.27. The van der Waals surface area contributed by atoms with E-state index >= 15 is 0 Å². The Kier molecular flexibility index (Phi) is 4.49. The predicted octanol–water partition coefficient (Wildman–Crippen LogP) is 0.0457. The van der Waals surface area contributed by atoms with Gasteiger partial charge in [-0.3, -0.25) is 0 Å². The Balaban J connectivity index is 3.35. The molecule has 0 aromatic heterocycles. The van der Waals surface area contributed by atoms with Gasteiger partial charge in [-0.2, -0.15) is 5.10 Å². The molecule has 0 spiro atoms. The predicted molar refractivity (Wildman–Crippen MR) is 39.2 cm³/mol. The van der Waals surface area contributed by atoms with Crippen molar-refractivity contribution in [1.29, 1.82) is 0 Å². The molecular formula is C5H12N4. The van der Waals surface area contributed by atoms with E-state index in [0.717, 1.165) is 12.8 Å².